The first kappa shape index (κ1) is 22.7. The van der Waals surface area contributed by atoms with Crippen molar-refractivity contribution in [3.8, 4) is 17.2 Å². The molecule has 0 spiro atoms. The smallest absolute Gasteiger partial charge is 0.336 e. The van der Waals surface area contributed by atoms with Gasteiger partial charge in [-0.1, -0.05) is 12.1 Å². The fraction of sp³-hybridized carbons (Fsp3) is 0.192. The van der Waals surface area contributed by atoms with Crippen molar-refractivity contribution in [3.63, 3.8) is 0 Å². The van der Waals surface area contributed by atoms with Crippen LogP contribution in [0, 0.1) is 0 Å². The van der Waals surface area contributed by atoms with E-state index in [2.05, 4.69) is 5.10 Å². The molecule has 8 nitrogen and oxygen atoms in total. The maximum Gasteiger partial charge on any atom is 0.336 e. The van der Waals surface area contributed by atoms with Crippen molar-refractivity contribution in [1.29, 1.82) is 0 Å². The maximum atomic E-state index is 13.3. The molecule has 2 aromatic heterocycles. The Bertz CT molecular complexity index is 1460. The number of carbonyl (C=O) groups is 1. The Morgan fingerprint density at radius 2 is 1.91 bits per heavy atom. The molecule has 2 aromatic carbocycles. The molecule has 0 aliphatic carbocycles. The van der Waals surface area contributed by atoms with E-state index in [1.54, 1.807) is 49.8 Å². The molecule has 35 heavy (non-hydrogen) atoms. The van der Waals surface area contributed by atoms with Crippen LogP contribution < -0.4 is 19.8 Å². The highest BCUT2D eigenvalue weighted by atomic mass is 32.1. The molecular weight excluding hydrogens is 468 g/mol. The highest BCUT2D eigenvalue weighted by Crippen LogP contribution is 2.38. The number of benzene rings is 2. The van der Waals surface area contributed by atoms with Crippen LogP contribution in [0.2, 0.25) is 0 Å². The van der Waals surface area contributed by atoms with E-state index in [4.69, 9.17) is 18.6 Å². The molecule has 0 saturated carbocycles. The van der Waals surface area contributed by atoms with Crippen LogP contribution >= 0.6 is 11.3 Å². The topological polar surface area (TPSA) is 90.6 Å². The number of carbonyl (C=O) groups excluding carboxylic acids is 1. The van der Waals surface area contributed by atoms with E-state index in [9.17, 15) is 9.59 Å². The van der Waals surface area contributed by atoms with E-state index in [-0.39, 0.29) is 18.6 Å². The van der Waals surface area contributed by atoms with Crippen LogP contribution in [0.3, 0.4) is 0 Å². The van der Waals surface area contributed by atoms with Gasteiger partial charge in [-0.25, -0.2) is 9.80 Å². The second kappa shape index (κ2) is 9.63. The Balaban J connectivity index is 1.40. The van der Waals surface area contributed by atoms with Crippen molar-refractivity contribution in [2.45, 2.75) is 12.5 Å². The SMILES string of the molecule is COc1ccc(C2CC(c3cccs3)=NN2C(=O)COc2ccc3ccc(=O)oc3c2)cc1OC. The molecule has 3 heterocycles. The molecule has 178 valence electrons. The monoisotopic (exact) mass is 490 g/mol. The summed E-state index contributed by atoms with van der Waals surface area (Å²) in [5.41, 5.74) is 1.65. The number of amides is 1. The molecule has 4 aromatic rings. The number of rotatable bonds is 7. The highest BCUT2D eigenvalue weighted by molar-refractivity contribution is 7.12. The van der Waals surface area contributed by atoms with Gasteiger partial charge in [0.2, 0.25) is 0 Å². The fourth-order valence-electron chi connectivity index (χ4n) is 3.99. The zero-order valence-electron chi connectivity index (χ0n) is 19.1. The first-order chi connectivity index (χ1) is 17.1. The minimum atomic E-state index is -0.448. The fourth-order valence-corrected chi connectivity index (χ4v) is 4.71. The van der Waals surface area contributed by atoms with Crippen LogP contribution in [0.1, 0.15) is 22.9 Å². The number of hydrazone groups is 1. The van der Waals surface area contributed by atoms with Gasteiger partial charge in [-0.15, -0.1) is 11.3 Å². The molecule has 1 atom stereocenters. The largest absolute Gasteiger partial charge is 0.493 e. The third-order valence-electron chi connectivity index (χ3n) is 5.72. The molecule has 0 fully saturated rings. The molecule has 1 amide bonds. The van der Waals surface area contributed by atoms with Crippen LogP contribution in [0.4, 0.5) is 0 Å². The summed E-state index contributed by atoms with van der Waals surface area (Å²) in [6.45, 7) is -0.229. The van der Waals surface area contributed by atoms with Gasteiger partial charge in [0.25, 0.3) is 5.91 Å². The number of hydrogen-bond acceptors (Lipinski definition) is 8. The Morgan fingerprint density at radius 1 is 1.09 bits per heavy atom. The Labute approximate surface area is 205 Å². The zero-order valence-corrected chi connectivity index (χ0v) is 19.9. The van der Waals surface area contributed by atoms with Gasteiger partial charge in [0, 0.05) is 23.9 Å². The molecule has 5 rings (SSSR count). The summed E-state index contributed by atoms with van der Waals surface area (Å²) >= 11 is 1.58. The van der Waals surface area contributed by atoms with Crippen LogP contribution in [-0.4, -0.2) is 37.5 Å². The van der Waals surface area contributed by atoms with Crippen LogP contribution in [-0.2, 0) is 4.79 Å². The number of thiophene rings is 1. The Kier molecular flexibility index (Phi) is 6.24. The van der Waals surface area contributed by atoms with Crippen molar-refractivity contribution >= 4 is 33.9 Å². The van der Waals surface area contributed by atoms with Gasteiger partial charge < -0.3 is 18.6 Å². The lowest BCUT2D eigenvalue weighted by Crippen LogP contribution is -2.31. The Hall–Kier alpha value is -4.11. The van der Waals surface area contributed by atoms with Crippen molar-refractivity contribution in [3.05, 3.63) is 86.9 Å². The van der Waals surface area contributed by atoms with E-state index in [0.29, 0.717) is 29.3 Å². The molecule has 1 aliphatic rings. The molecule has 0 saturated heterocycles. The Morgan fingerprint density at radius 3 is 2.69 bits per heavy atom. The summed E-state index contributed by atoms with van der Waals surface area (Å²) in [6.07, 6.45) is 0.558. The third kappa shape index (κ3) is 4.63. The molecule has 0 radical (unpaired) electrons. The lowest BCUT2D eigenvalue weighted by molar-refractivity contribution is -0.135. The minimum Gasteiger partial charge on any atom is -0.493 e. The molecule has 1 aliphatic heterocycles. The van der Waals surface area contributed by atoms with E-state index in [0.717, 1.165) is 21.5 Å². The van der Waals surface area contributed by atoms with E-state index >= 15 is 0 Å². The predicted octanol–water partition coefficient (Wildman–Crippen LogP) is 4.63. The van der Waals surface area contributed by atoms with Crippen LogP contribution in [0.5, 0.6) is 17.2 Å². The summed E-state index contributed by atoms with van der Waals surface area (Å²) in [4.78, 5) is 25.8. The van der Waals surface area contributed by atoms with Gasteiger partial charge >= 0.3 is 5.63 Å². The third-order valence-corrected chi connectivity index (χ3v) is 6.64. The van der Waals surface area contributed by atoms with Crippen molar-refractivity contribution < 1.29 is 23.4 Å². The first-order valence-electron chi connectivity index (χ1n) is 10.9. The standard InChI is InChI=1S/C26H22N2O6S/c1-31-21-9-6-17(12-23(21)32-2)20-14-19(24-4-3-11-35-24)27-28(20)25(29)15-33-18-8-5-16-7-10-26(30)34-22(16)13-18/h3-13,20H,14-15H2,1-2H3. The number of methoxy groups -OCH3 is 2. The number of hydrogen-bond donors (Lipinski definition) is 0. The molecule has 9 heteroatoms. The summed E-state index contributed by atoms with van der Waals surface area (Å²) in [6, 6.07) is 17.3. The minimum absolute atomic E-state index is 0.229. The zero-order chi connectivity index (χ0) is 24.4. The summed E-state index contributed by atoms with van der Waals surface area (Å²) in [5, 5.41) is 8.88. The summed E-state index contributed by atoms with van der Waals surface area (Å²) < 4.78 is 21.8. The van der Waals surface area contributed by atoms with Crippen LogP contribution in [0.25, 0.3) is 11.0 Å². The average Bonchev–Trinajstić information content (AvgIpc) is 3.57. The van der Waals surface area contributed by atoms with Gasteiger partial charge in [0.15, 0.2) is 18.1 Å². The van der Waals surface area contributed by atoms with Crippen molar-refractivity contribution in [1.82, 2.24) is 5.01 Å². The van der Waals surface area contributed by atoms with Crippen molar-refractivity contribution in [2.75, 3.05) is 20.8 Å². The summed E-state index contributed by atoms with van der Waals surface area (Å²) in [5.74, 6) is 1.31. The number of ether oxygens (including phenoxy) is 3. The van der Waals surface area contributed by atoms with E-state index in [1.165, 1.54) is 11.1 Å². The molecule has 1 unspecified atom stereocenters. The van der Waals surface area contributed by atoms with Gasteiger partial charge in [-0.3, -0.25) is 4.79 Å². The highest BCUT2D eigenvalue weighted by Gasteiger charge is 2.34. The number of nitrogens with zero attached hydrogens (tertiary/aromatic N) is 2. The van der Waals surface area contributed by atoms with Gasteiger partial charge in [-0.05, 0) is 47.3 Å². The van der Waals surface area contributed by atoms with E-state index in [1.807, 2.05) is 35.7 Å². The number of fused-ring (bicyclic) bond motifs is 1. The lowest BCUT2D eigenvalue weighted by atomic mass is 10.0. The average molecular weight is 491 g/mol. The van der Waals surface area contributed by atoms with Crippen LogP contribution in [0.15, 0.2) is 80.4 Å². The first-order valence-corrected chi connectivity index (χ1v) is 11.8. The molecular formula is C26H22N2O6S. The second-order valence-electron chi connectivity index (χ2n) is 7.84. The predicted molar refractivity (Wildman–Crippen MR) is 133 cm³/mol. The molecule has 0 bridgehead atoms. The summed E-state index contributed by atoms with van der Waals surface area (Å²) in [7, 11) is 3.16. The van der Waals surface area contributed by atoms with Crippen molar-refractivity contribution in [2.24, 2.45) is 5.10 Å². The van der Waals surface area contributed by atoms with E-state index < -0.39 is 5.63 Å². The quantitative estimate of drug-likeness (QED) is 0.351. The molecule has 0 N–H and O–H groups in total. The second-order valence-corrected chi connectivity index (χ2v) is 8.79. The van der Waals surface area contributed by atoms with Gasteiger partial charge in [-0.2, -0.15) is 5.10 Å². The lowest BCUT2D eigenvalue weighted by Gasteiger charge is -2.23. The maximum absolute atomic E-state index is 13.3. The van der Waals surface area contributed by atoms with Gasteiger partial charge in [0.1, 0.15) is 11.3 Å². The van der Waals surface area contributed by atoms with Gasteiger partial charge in [0.05, 0.1) is 30.9 Å². The normalized spacial score (nSPS) is 15.2.